The van der Waals surface area contributed by atoms with Gasteiger partial charge in [-0.2, -0.15) is 0 Å². The molecule has 2 aromatic rings. The summed E-state index contributed by atoms with van der Waals surface area (Å²) >= 11 is 11.8. The number of nitrogens with one attached hydrogen (secondary N) is 3. The van der Waals surface area contributed by atoms with Crippen LogP contribution >= 0.6 is 23.2 Å². The standard InChI is InChI=1S/C16H18Cl2N4O/c1-11-3-2-4-12(7-11)9-22-16(23)20-6-5-19-15-14(18)8-13(17)10-21-15/h2-4,7-8,10H,5-6,9H2,1H3,(H,19,21)(H2,20,22,23). The number of rotatable bonds is 6. The summed E-state index contributed by atoms with van der Waals surface area (Å²) < 4.78 is 0. The highest BCUT2D eigenvalue weighted by Gasteiger charge is 2.03. The zero-order valence-corrected chi connectivity index (χ0v) is 14.2. The van der Waals surface area contributed by atoms with Gasteiger partial charge in [-0.05, 0) is 18.6 Å². The second-order valence-electron chi connectivity index (χ2n) is 5.01. The molecule has 0 aliphatic heterocycles. The highest BCUT2D eigenvalue weighted by Crippen LogP contribution is 2.21. The average molecular weight is 353 g/mol. The number of aryl methyl sites for hydroxylation is 1. The van der Waals surface area contributed by atoms with Crippen molar-refractivity contribution in [1.82, 2.24) is 15.6 Å². The Balaban J connectivity index is 1.66. The van der Waals surface area contributed by atoms with Crippen molar-refractivity contribution in [3.63, 3.8) is 0 Å². The molecule has 1 aromatic heterocycles. The number of hydrogen-bond acceptors (Lipinski definition) is 3. The van der Waals surface area contributed by atoms with Gasteiger partial charge < -0.3 is 16.0 Å². The summed E-state index contributed by atoms with van der Waals surface area (Å²) in [6.07, 6.45) is 1.51. The monoisotopic (exact) mass is 352 g/mol. The van der Waals surface area contributed by atoms with Crippen LogP contribution in [0.25, 0.3) is 0 Å². The van der Waals surface area contributed by atoms with E-state index < -0.39 is 0 Å². The number of hydrogen-bond donors (Lipinski definition) is 3. The van der Waals surface area contributed by atoms with E-state index >= 15 is 0 Å². The summed E-state index contributed by atoms with van der Waals surface area (Å²) in [5.74, 6) is 0.540. The molecular weight excluding hydrogens is 335 g/mol. The molecule has 0 aliphatic carbocycles. The van der Waals surface area contributed by atoms with Crippen LogP contribution in [0.4, 0.5) is 10.6 Å². The first-order valence-corrected chi connectivity index (χ1v) is 7.92. The number of amides is 2. The van der Waals surface area contributed by atoms with E-state index in [1.807, 2.05) is 31.2 Å². The van der Waals surface area contributed by atoms with Crippen molar-refractivity contribution in [1.29, 1.82) is 0 Å². The first-order valence-electron chi connectivity index (χ1n) is 7.17. The van der Waals surface area contributed by atoms with Gasteiger partial charge in [0, 0.05) is 25.8 Å². The van der Waals surface area contributed by atoms with Crippen molar-refractivity contribution in [3.05, 3.63) is 57.7 Å². The van der Waals surface area contributed by atoms with E-state index in [1.54, 1.807) is 6.07 Å². The predicted molar refractivity (Wildman–Crippen MR) is 94.2 cm³/mol. The predicted octanol–water partition coefficient (Wildman–Crippen LogP) is 3.61. The van der Waals surface area contributed by atoms with Crippen LogP contribution < -0.4 is 16.0 Å². The lowest BCUT2D eigenvalue weighted by molar-refractivity contribution is 0.241. The third-order valence-corrected chi connectivity index (χ3v) is 3.54. The number of urea groups is 1. The van der Waals surface area contributed by atoms with Crippen molar-refractivity contribution >= 4 is 35.1 Å². The second kappa shape index (κ2) is 8.60. The first kappa shape index (κ1) is 17.4. The quantitative estimate of drug-likeness (QED) is 0.695. The molecule has 1 heterocycles. The van der Waals surface area contributed by atoms with Crippen LogP contribution in [0.15, 0.2) is 36.5 Å². The Morgan fingerprint density at radius 2 is 2.00 bits per heavy atom. The highest BCUT2D eigenvalue weighted by atomic mass is 35.5. The zero-order valence-electron chi connectivity index (χ0n) is 12.7. The SMILES string of the molecule is Cc1cccc(CNC(=O)NCCNc2ncc(Cl)cc2Cl)c1. The molecule has 1 aromatic carbocycles. The summed E-state index contributed by atoms with van der Waals surface area (Å²) in [6, 6.07) is 9.39. The Labute approximate surface area is 145 Å². The number of nitrogens with zero attached hydrogens (tertiary/aromatic N) is 1. The second-order valence-corrected chi connectivity index (χ2v) is 5.85. The van der Waals surface area contributed by atoms with Gasteiger partial charge in [0.1, 0.15) is 5.82 Å². The number of aromatic nitrogens is 1. The van der Waals surface area contributed by atoms with E-state index in [0.29, 0.717) is 35.5 Å². The van der Waals surface area contributed by atoms with Gasteiger partial charge in [-0.3, -0.25) is 0 Å². The molecule has 0 spiro atoms. The molecular formula is C16H18Cl2N4O. The Morgan fingerprint density at radius 3 is 2.74 bits per heavy atom. The van der Waals surface area contributed by atoms with E-state index in [-0.39, 0.29) is 6.03 Å². The molecule has 5 nitrogen and oxygen atoms in total. The molecule has 3 N–H and O–H groups in total. The van der Waals surface area contributed by atoms with E-state index in [9.17, 15) is 4.79 Å². The van der Waals surface area contributed by atoms with Crippen molar-refractivity contribution in [2.24, 2.45) is 0 Å². The van der Waals surface area contributed by atoms with E-state index in [2.05, 4.69) is 20.9 Å². The number of anilines is 1. The first-order chi connectivity index (χ1) is 11.0. The maximum absolute atomic E-state index is 11.7. The van der Waals surface area contributed by atoms with Crippen LogP contribution in [0.3, 0.4) is 0 Å². The molecule has 0 saturated carbocycles. The molecule has 2 rings (SSSR count). The molecule has 0 atom stereocenters. The van der Waals surface area contributed by atoms with Crippen molar-refractivity contribution < 1.29 is 4.79 Å². The van der Waals surface area contributed by atoms with Crippen molar-refractivity contribution in [3.8, 4) is 0 Å². The fourth-order valence-corrected chi connectivity index (χ4v) is 2.42. The summed E-state index contributed by atoms with van der Waals surface area (Å²) in [7, 11) is 0. The van der Waals surface area contributed by atoms with Gasteiger partial charge in [0.2, 0.25) is 0 Å². The molecule has 0 bridgehead atoms. The van der Waals surface area contributed by atoms with Gasteiger partial charge in [-0.15, -0.1) is 0 Å². The Bertz CT molecular complexity index is 679. The minimum absolute atomic E-state index is 0.219. The summed E-state index contributed by atoms with van der Waals surface area (Å²) in [5, 5.41) is 9.52. The summed E-state index contributed by atoms with van der Waals surface area (Å²) in [4.78, 5) is 15.8. The topological polar surface area (TPSA) is 66.1 Å². The van der Waals surface area contributed by atoms with Gasteiger partial charge in [0.15, 0.2) is 0 Å². The number of benzene rings is 1. The minimum atomic E-state index is -0.219. The fourth-order valence-electron chi connectivity index (χ4n) is 1.97. The Kier molecular flexibility index (Phi) is 6.50. The molecule has 23 heavy (non-hydrogen) atoms. The molecule has 0 radical (unpaired) electrons. The van der Waals surface area contributed by atoms with Gasteiger partial charge in [-0.1, -0.05) is 53.0 Å². The third kappa shape index (κ3) is 5.96. The molecule has 0 unspecified atom stereocenters. The van der Waals surface area contributed by atoms with E-state index in [0.717, 1.165) is 5.56 Å². The lowest BCUT2D eigenvalue weighted by Crippen LogP contribution is -2.37. The number of pyridine rings is 1. The van der Waals surface area contributed by atoms with E-state index in [1.165, 1.54) is 11.8 Å². The molecule has 2 amide bonds. The minimum Gasteiger partial charge on any atom is -0.367 e. The van der Waals surface area contributed by atoms with Crippen molar-refractivity contribution in [2.45, 2.75) is 13.5 Å². The van der Waals surface area contributed by atoms with Crippen LogP contribution in [-0.4, -0.2) is 24.1 Å². The third-order valence-electron chi connectivity index (χ3n) is 3.05. The molecule has 0 aliphatic rings. The van der Waals surface area contributed by atoms with Crippen LogP contribution in [0.5, 0.6) is 0 Å². The maximum atomic E-state index is 11.7. The molecule has 7 heteroatoms. The normalized spacial score (nSPS) is 10.2. The number of carbonyl (C=O) groups is 1. The molecule has 122 valence electrons. The van der Waals surface area contributed by atoms with Gasteiger partial charge >= 0.3 is 6.03 Å². The highest BCUT2D eigenvalue weighted by molar-refractivity contribution is 6.35. The molecule has 0 saturated heterocycles. The van der Waals surface area contributed by atoms with E-state index in [4.69, 9.17) is 23.2 Å². The Hall–Kier alpha value is -1.98. The van der Waals surface area contributed by atoms with Gasteiger partial charge in [0.25, 0.3) is 0 Å². The smallest absolute Gasteiger partial charge is 0.315 e. The van der Waals surface area contributed by atoms with Gasteiger partial charge in [0.05, 0.1) is 10.0 Å². The zero-order chi connectivity index (χ0) is 16.7. The van der Waals surface area contributed by atoms with Gasteiger partial charge in [-0.25, -0.2) is 9.78 Å². The summed E-state index contributed by atoms with van der Waals surface area (Å²) in [6.45, 7) is 3.46. The number of halogens is 2. The van der Waals surface area contributed by atoms with Crippen LogP contribution in [0.2, 0.25) is 10.0 Å². The van der Waals surface area contributed by atoms with Crippen molar-refractivity contribution in [2.75, 3.05) is 18.4 Å². The lowest BCUT2D eigenvalue weighted by atomic mass is 10.1. The lowest BCUT2D eigenvalue weighted by Gasteiger charge is -2.10. The van der Waals surface area contributed by atoms with Crippen LogP contribution in [0.1, 0.15) is 11.1 Å². The Morgan fingerprint density at radius 1 is 1.17 bits per heavy atom. The fraction of sp³-hybridized carbons (Fsp3) is 0.250. The average Bonchev–Trinajstić information content (AvgIpc) is 2.51. The van der Waals surface area contributed by atoms with Crippen LogP contribution in [-0.2, 0) is 6.54 Å². The summed E-state index contributed by atoms with van der Waals surface area (Å²) in [5.41, 5.74) is 2.23. The van der Waals surface area contributed by atoms with Crippen LogP contribution in [0, 0.1) is 6.92 Å². The number of carbonyl (C=O) groups excluding carboxylic acids is 1. The maximum Gasteiger partial charge on any atom is 0.315 e. The largest absolute Gasteiger partial charge is 0.367 e. The molecule has 0 fully saturated rings.